The van der Waals surface area contributed by atoms with Crippen molar-refractivity contribution in [2.75, 3.05) is 26.2 Å². The van der Waals surface area contributed by atoms with Gasteiger partial charge in [0.15, 0.2) is 0 Å². The van der Waals surface area contributed by atoms with Gasteiger partial charge in [0.25, 0.3) is 11.8 Å². The molecule has 36 heavy (non-hydrogen) atoms. The number of ether oxygens (including phenoxy) is 1. The van der Waals surface area contributed by atoms with Crippen LogP contribution in [0.15, 0.2) is 24.3 Å². The third-order valence-electron chi connectivity index (χ3n) is 6.44. The number of carbonyl (C=O) groups excluding carboxylic acids is 3. The molecule has 1 fully saturated rings. The molecular formula is C28H38N4O4. The largest absolute Gasteiger partial charge is 0.462 e. The molecule has 8 heteroatoms. The van der Waals surface area contributed by atoms with E-state index in [0.717, 1.165) is 6.42 Å². The zero-order valence-corrected chi connectivity index (χ0v) is 22.6. The first-order valence-corrected chi connectivity index (χ1v) is 12.7. The fourth-order valence-corrected chi connectivity index (χ4v) is 4.49. The molecule has 8 nitrogen and oxygen atoms in total. The van der Waals surface area contributed by atoms with Crippen LogP contribution in [-0.2, 0) is 16.6 Å². The first-order chi connectivity index (χ1) is 17.0. The normalized spacial score (nSPS) is 16.1. The van der Waals surface area contributed by atoms with Crippen LogP contribution in [0, 0.1) is 6.92 Å². The maximum atomic E-state index is 13.6. The number of aromatic nitrogens is 2. The van der Waals surface area contributed by atoms with Crippen LogP contribution in [0.5, 0.6) is 0 Å². The summed E-state index contributed by atoms with van der Waals surface area (Å²) in [6.45, 7) is 15.1. The number of aryl methyl sites for hydroxylation is 2. The Balaban J connectivity index is 1.81. The van der Waals surface area contributed by atoms with Crippen molar-refractivity contribution in [2.45, 2.75) is 72.8 Å². The second-order valence-corrected chi connectivity index (χ2v) is 10.3. The quantitative estimate of drug-likeness (QED) is 0.559. The minimum atomic E-state index is -0.579. The number of esters is 1. The van der Waals surface area contributed by atoms with E-state index in [1.165, 1.54) is 5.56 Å². The zero-order chi connectivity index (χ0) is 26.6. The van der Waals surface area contributed by atoms with Crippen LogP contribution in [0.3, 0.4) is 0 Å². The lowest BCUT2D eigenvalue weighted by atomic mass is 9.86. The number of nitrogens with zero attached hydrogens (tertiary/aromatic N) is 4. The Morgan fingerprint density at radius 3 is 2.25 bits per heavy atom. The van der Waals surface area contributed by atoms with E-state index in [4.69, 9.17) is 4.74 Å². The van der Waals surface area contributed by atoms with E-state index in [1.807, 2.05) is 38.1 Å². The molecular weight excluding hydrogens is 456 g/mol. The van der Waals surface area contributed by atoms with Gasteiger partial charge in [-0.2, -0.15) is 0 Å². The molecule has 194 valence electrons. The highest BCUT2D eigenvalue weighted by molar-refractivity contribution is 6.04. The highest BCUT2D eigenvalue weighted by Gasteiger charge is 2.34. The molecule has 2 amide bonds. The van der Waals surface area contributed by atoms with Crippen LogP contribution in [0.1, 0.15) is 96.2 Å². The molecule has 0 radical (unpaired) electrons. The van der Waals surface area contributed by atoms with Crippen molar-refractivity contribution in [3.05, 3.63) is 58.2 Å². The van der Waals surface area contributed by atoms with Crippen molar-refractivity contribution in [2.24, 2.45) is 0 Å². The SMILES string of the molecule is CCCc1nc(C)nc(C(=O)N2CCN(C(=O)c3ccc(C(C)(C)C)cc3)C(C)C2)c1C(=O)OCC. The summed E-state index contributed by atoms with van der Waals surface area (Å²) < 4.78 is 5.24. The second kappa shape index (κ2) is 11.2. The molecule has 1 aromatic heterocycles. The van der Waals surface area contributed by atoms with Gasteiger partial charge in [-0.05, 0) is 50.3 Å². The molecule has 0 saturated carbocycles. The third kappa shape index (κ3) is 5.91. The zero-order valence-electron chi connectivity index (χ0n) is 22.6. The van der Waals surface area contributed by atoms with E-state index in [0.29, 0.717) is 43.1 Å². The summed E-state index contributed by atoms with van der Waals surface area (Å²) in [6.07, 6.45) is 1.31. The van der Waals surface area contributed by atoms with Crippen molar-refractivity contribution in [3.63, 3.8) is 0 Å². The smallest absolute Gasteiger partial charge is 0.342 e. The Bertz CT molecular complexity index is 1120. The summed E-state index contributed by atoms with van der Waals surface area (Å²) in [7, 11) is 0. The molecule has 1 aliphatic heterocycles. The number of benzene rings is 1. The van der Waals surface area contributed by atoms with Gasteiger partial charge in [-0.1, -0.05) is 46.2 Å². The van der Waals surface area contributed by atoms with Crippen LogP contribution in [0.25, 0.3) is 0 Å². The molecule has 1 atom stereocenters. The van der Waals surface area contributed by atoms with Crippen molar-refractivity contribution >= 4 is 17.8 Å². The molecule has 2 heterocycles. The van der Waals surface area contributed by atoms with Crippen LogP contribution in [0.2, 0.25) is 0 Å². The van der Waals surface area contributed by atoms with Crippen molar-refractivity contribution < 1.29 is 19.1 Å². The van der Waals surface area contributed by atoms with E-state index in [-0.39, 0.29) is 41.1 Å². The monoisotopic (exact) mass is 494 g/mol. The van der Waals surface area contributed by atoms with Crippen molar-refractivity contribution in [1.29, 1.82) is 0 Å². The number of carbonyl (C=O) groups is 3. The highest BCUT2D eigenvalue weighted by Crippen LogP contribution is 2.24. The van der Waals surface area contributed by atoms with Crippen molar-refractivity contribution in [1.82, 2.24) is 19.8 Å². The Labute approximate surface area is 214 Å². The molecule has 0 aliphatic carbocycles. The molecule has 1 aromatic carbocycles. The number of rotatable bonds is 6. The summed E-state index contributed by atoms with van der Waals surface area (Å²) in [5, 5.41) is 0. The maximum absolute atomic E-state index is 13.6. The van der Waals surface area contributed by atoms with Gasteiger partial charge in [0.1, 0.15) is 17.1 Å². The summed E-state index contributed by atoms with van der Waals surface area (Å²) in [5.74, 6) is -0.528. The third-order valence-corrected chi connectivity index (χ3v) is 6.44. The van der Waals surface area contributed by atoms with Gasteiger partial charge < -0.3 is 14.5 Å². The van der Waals surface area contributed by atoms with Crippen LogP contribution >= 0.6 is 0 Å². The maximum Gasteiger partial charge on any atom is 0.342 e. The Morgan fingerprint density at radius 1 is 1.03 bits per heavy atom. The number of hydrogen-bond donors (Lipinski definition) is 0. The number of piperazine rings is 1. The van der Waals surface area contributed by atoms with Crippen molar-refractivity contribution in [3.8, 4) is 0 Å². The van der Waals surface area contributed by atoms with Crippen LogP contribution in [-0.4, -0.2) is 69.8 Å². The highest BCUT2D eigenvalue weighted by atomic mass is 16.5. The minimum absolute atomic E-state index is 0.0135. The summed E-state index contributed by atoms with van der Waals surface area (Å²) in [6, 6.07) is 7.55. The Kier molecular flexibility index (Phi) is 8.48. The number of hydrogen-bond acceptors (Lipinski definition) is 6. The predicted molar refractivity (Wildman–Crippen MR) is 138 cm³/mol. The molecule has 1 aliphatic rings. The van der Waals surface area contributed by atoms with Gasteiger partial charge in [0, 0.05) is 31.2 Å². The number of amides is 2. The molecule has 1 saturated heterocycles. The first-order valence-electron chi connectivity index (χ1n) is 12.7. The van der Waals surface area contributed by atoms with Gasteiger partial charge >= 0.3 is 5.97 Å². The van der Waals surface area contributed by atoms with Crippen LogP contribution in [0.4, 0.5) is 0 Å². The standard InChI is InChI=1S/C28H38N4O4/c1-8-10-22-23(27(35)36-9-2)24(30-19(4)29-22)26(34)31-15-16-32(18(3)17-31)25(33)20-11-13-21(14-12-20)28(5,6)7/h11-14,18H,8-10,15-17H2,1-7H3. The molecule has 3 rings (SSSR count). The lowest BCUT2D eigenvalue weighted by Crippen LogP contribution is -2.55. The van der Waals surface area contributed by atoms with E-state index in [2.05, 4.69) is 30.7 Å². The fourth-order valence-electron chi connectivity index (χ4n) is 4.49. The van der Waals surface area contributed by atoms with Gasteiger partial charge in [0.2, 0.25) is 0 Å². The predicted octanol–water partition coefficient (Wildman–Crippen LogP) is 4.20. The van der Waals surface area contributed by atoms with E-state index < -0.39 is 5.97 Å². The summed E-state index contributed by atoms with van der Waals surface area (Å²) >= 11 is 0. The topological polar surface area (TPSA) is 92.7 Å². The lowest BCUT2D eigenvalue weighted by molar-refractivity contribution is 0.0405. The van der Waals surface area contributed by atoms with E-state index in [9.17, 15) is 14.4 Å². The van der Waals surface area contributed by atoms with Gasteiger partial charge in [-0.25, -0.2) is 14.8 Å². The molecule has 0 bridgehead atoms. The van der Waals surface area contributed by atoms with Gasteiger partial charge in [0.05, 0.1) is 12.3 Å². The second-order valence-electron chi connectivity index (χ2n) is 10.3. The van der Waals surface area contributed by atoms with Gasteiger partial charge in [-0.3, -0.25) is 9.59 Å². The van der Waals surface area contributed by atoms with E-state index in [1.54, 1.807) is 23.6 Å². The fraction of sp³-hybridized carbons (Fsp3) is 0.536. The lowest BCUT2D eigenvalue weighted by Gasteiger charge is -2.40. The Hall–Kier alpha value is -3.29. The summed E-state index contributed by atoms with van der Waals surface area (Å²) in [4.78, 5) is 51.9. The first kappa shape index (κ1) is 27.3. The van der Waals surface area contributed by atoms with Gasteiger partial charge in [-0.15, -0.1) is 0 Å². The summed E-state index contributed by atoms with van der Waals surface area (Å²) in [5.41, 5.74) is 2.58. The molecule has 1 unspecified atom stereocenters. The van der Waals surface area contributed by atoms with E-state index >= 15 is 0 Å². The molecule has 0 spiro atoms. The molecule has 0 N–H and O–H groups in total. The Morgan fingerprint density at radius 2 is 1.69 bits per heavy atom. The van der Waals surface area contributed by atoms with Crippen LogP contribution < -0.4 is 0 Å². The minimum Gasteiger partial charge on any atom is -0.462 e. The molecule has 2 aromatic rings. The average molecular weight is 495 g/mol. The average Bonchev–Trinajstić information content (AvgIpc) is 2.82.